The highest BCUT2D eigenvalue weighted by atomic mass is 16.5. The molecule has 57 heavy (non-hydrogen) atoms. The van der Waals surface area contributed by atoms with Crippen LogP contribution in [0.25, 0.3) is 88.5 Å². The average Bonchev–Trinajstić information content (AvgIpc) is 3.78. The lowest BCUT2D eigenvalue weighted by Crippen LogP contribution is -1.98. The van der Waals surface area contributed by atoms with Crippen LogP contribution in [0.1, 0.15) is 0 Å². The zero-order valence-electron chi connectivity index (χ0n) is 31.0. The molecule has 0 spiro atoms. The van der Waals surface area contributed by atoms with Crippen molar-refractivity contribution >= 4 is 43.6 Å². The number of rotatable bonds is 7. The summed E-state index contributed by atoms with van der Waals surface area (Å²) < 4.78 is 11.1. The van der Waals surface area contributed by atoms with Crippen LogP contribution >= 0.6 is 0 Å². The van der Waals surface area contributed by atoms with Crippen LogP contribution in [0.4, 0.5) is 0 Å². The Morgan fingerprint density at radius 2 is 0.860 bits per heavy atom. The molecule has 4 nitrogen and oxygen atoms in total. The average molecular weight is 730 g/mol. The smallest absolute Gasteiger partial charge is 0.138 e. The van der Waals surface area contributed by atoms with Crippen molar-refractivity contribution in [1.29, 1.82) is 0 Å². The molecule has 0 atom stereocenters. The third kappa shape index (κ3) is 5.74. The van der Waals surface area contributed by atoms with Gasteiger partial charge in [0.2, 0.25) is 0 Å². The zero-order chi connectivity index (χ0) is 37.7. The highest BCUT2D eigenvalue weighted by Crippen LogP contribution is 2.41. The SMILES string of the molecule is c1ccc(Oc2cccc(-n3c4cc(-c5ccc(-c6ccccc6)cc5)ccc4c4cc5c6ccccc6n(-c6cc(-c7ccccc7)ccn6)c5cc43)c2)cc1. The molecule has 0 unspecified atom stereocenters. The maximum Gasteiger partial charge on any atom is 0.138 e. The lowest BCUT2D eigenvalue weighted by molar-refractivity contribution is 0.482. The Labute approximate surface area is 330 Å². The van der Waals surface area contributed by atoms with E-state index in [4.69, 9.17) is 9.72 Å². The molecule has 3 aromatic heterocycles. The van der Waals surface area contributed by atoms with E-state index in [1.165, 1.54) is 38.2 Å². The Kier molecular flexibility index (Phi) is 7.78. The Morgan fingerprint density at radius 1 is 0.316 bits per heavy atom. The van der Waals surface area contributed by atoms with E-state index in [2.05, 4.69) is 179 Å². The summed E-state index contributed by atoms with van der Waals surface area (Å²) in [7, 11) is 0. The fourth-order valence-corrected chi connectivity index (χ4v) is 8.33. The van der Waals surface area contributed by atoms with Gasteiger partial charge in [0.05, 0.1) is 22.1 Å². The van der Waals surface area contributed by atoms with Gasteiger partial charge in [-0.3, -0.25) is 4.57 Å². The van der Waals surface area contributed by atoms with Crippen molar-refractivity contribution in [3.05, 3.63) is 212 Å². The van der Waals surface area contributed by atoms with Crippen LogP contribution in [0.2, 0.25) is 0 Å². The van der Waals surface area contributed by atoms with Crippen molar-refractivity contribution in [2.24, 2.45) is 0 Å². The largest absolute Gasteiger partial charge is 0.457 e. The van der Waals surface area contributed by atoms with Gasteiger partial charge in [-0.1, -0.05) is 140 Å². The maximum atomic E-state index is 6.39. The molecular weight excluding hydrogens is 695 g/mol. The molecule has 0 N–H and O–H groups in total. The summed E-state index contributed by atoms with van der Waals surface area (Å²) in [5, 5.41) is 4.75. The predicted octanol–water partition coefficient (Wildman–Crippen LogP) is 14.1. The number of pyridine rings is 1. The van der Waals surface area contributed by atoms with E-state index in [0.717, 1.165) is 61.8 Å². The molecular formula is C53H35N3O. The molecule has 0 aliphatic rings. The molecule has 11 rings (SSSR count). The van der Waals surface area contributed by atoms with Crippen LogP contribution in [0.5, 0.6) is 11.5 Å². The van der Waals surface area contributed by atoms with Gasteiger partial charge >= 0.3 is 0 Å². The second kappa shape index (κ2) is 13.6. The fourth-order valence-electron chi connectivity index (χ4n) is 8.33. The first-order valence-electron chi connectivity index (χ1n) is 19.3. The van der Waals surface area contributed by atoms with E-state index in [1.54, 1.807) is 0 Å². The van der Waals surface area contributed by atoms with Crippen molar-refractivity contribution in [3.63, 3.8) is 0 Å². The summed E-state index contributed by atoms with van der Waals surface area (Å²) in [6.07, 6.45) is 1.92. The first-order valence-corrected chi connectivity index (χ1v) is 19.3. The zero-order valence-corrected chi connectivity index (χ0v) is 31.0. The summed E-state index contributed by atoms with van der Waals surface area (Å²) in [6, 6.07) is 72.8. The minimum absolute atomic E-state index is 0.776. The van der Waals surface area contributed by atoms with Gasteiger partial charge in [0, 0.05) is 39.5 Å². The second-order valence-corrected chi connectivity index (χ2v) is 14.4. The van der Waals surface area contributed by atoms with Gasteiger partial charge in [0.25, 0.3) is 0 Å². The Hall–Kier alpha value is -7.69. The number of aromatic nitrogens is 3. The molecule has 4 heteroatoms. The standard InChI is InChI=1S/C53H35N3O/c1-4-13-36(14-5-1)38-23-25-39(26-24-38)40-27-28-46-48-34-47-45-21-10-11-22-49(45)56(53-32-41(29-30-54-53)37-15-6-2-7-16-37)52(47)35-51(48)55(50(46)31-40)42-17-12-20-44(33-42)57-43-18-8-3-9-19-43/h1-35H. The van der Waals surface area contributed by atoms with Crippen LogP contribution in [0.15, 0.2) is 212 Å². The Balaban J connectivity index is 1.15. The molecule has 0 saturated heterocycles. The first-order chi connectivity index (χ1) is 28.2. The number of hydrogen-bond acceptors (Lipinski definition) is 2. The van der Waals surface area contributed by atoms with Crippen LogP contribution in [-0.2, 0) is 0 Å². The summed E-state index contributed by atoms with van der Waals surface area (Å²) in [5.74, 6) is 2.46. The van der Waals surface area contributed by atoms with Crippen LogP contribution in [0.3, 0.4) is 0 Å². The van der Waals surface area contributed by atoms with Crippen LogP contribution < -0.4 is 4.74 Å². The number of hydrogen-bond donors (Lipinski definition) is 0. The minimum atomic E-state index is 0.776. The number of ether oxygens (including phenoxy) is 1. The van der Waals surface area contributed by atoms with Gasteiger partial charge < -0.3 is 9.30 Å². The van der Waals surface area contributed by atoms with E-state index in [-0.39, 0.29) is 0 Å². The molecule has 0 fully saturated rings. The van der Waals surface area contributed by atoms with Crippen LogP contribution in [-0.4, -0.2) is 14.1 Å². The monoisotopic (exact) mass is 729 g/mol. The molecule has 0 radical (unpaired) electrons. The third-order valence-electron chi connectivity index (χ3n) is 11.0. The molecule has 8 aromatic carbocycles. The van der Waals surface area contributed by atoms with E-state index in [9.17, 15) is 0 Å². The molecule has 268 valence electrons. The van der Waals surface area contributed by atoms with E-state index in [0.29, 0.717) is 0 Å². The number of benzene rings is 8. The van der Waals surface area contributed by atoms with Crippen molar-refractivity contribution in [2.75, 3.05) is 0 Å². The lowest BCUT2D eigenvalue weighted by Gasteiger charge is -2.13. The van der Waals surface area contributed by atoms with Gasteiger partial charge in [0.15, 0.2) is 0 Å². The van der Waals surface area contributed by atoms with Crippen molar-refractivity contribution in [2.45, 2.75) is 0 Å². The normalized spacial score (nSPS) is 11.5. The third-order valence-corrected chi connectivity index (χ3v) is 11.0. The van der Waals surface area contributed by atoms with Gasteiger partial charge in [-0.05, 0) is 94.0 Å². The summed E-state index contributed by atoms with van der Waals surface area (Å²) in [5.41, 5.74) is 12.5. The number of para-hydroxylation sites is 2. The van der Waals surface area contributed by atoms with Crippen molar-refractivity contribution in [3.8, 4) is 56.4 Å². The lowest BCUT2D eigenvalue weighted by atomic mass is 9.99. The topological polar surface area (TPSA) is 32.0 Å². The van der Waals surface area contributed by atoms with E-state index < -0.39 is 0 Å². The van der Waals surface area contributed by atoms with E-state index in [1.807, 2.05) is 42.6 Å². The minimum Gasteiger partial charge on any atom is -0.457 e. The summed E-state index contributed by atoms with van der Waals surface area (Å²) in [4.78, 5) is 4.97. The quantitative estimate of drug-likeness (QED) is 0.164. The highest BCUT2D eigenvalue weighted by molar-refractivity contribution is 6.19. The molecule has 11 aromatic rings. The first kappa shape index (κ1) is 32.7. The number of fused-ring (bicyclic) bond motifs is 6. The molecule has 0 aliphatic heterocycles. The van der Waals surface area contributed by atoms with Crippen molar-refractivity contribution < 1.29 is 4.74 Å². The van der Waals surface area contributed by atoms with Gasteiger partial charge in [0.1, 0.15) is 17.3 Å². The molecule has 0 amide bonds. The summed E-state index contributed by atoms with van der Waals surface area (Å²) >= 11 is 0. The Bertz CT molecular complexity index is 3240. The Morgan fingerprint density at radius 3 is 1.61 bits per heavy atom. The predicted molar refractivity (Wildman–Crippen MR) is 236 cm³/mol. The van der Waals surface area contributed by atoms with Crippen LogP contribution in [0, 0.1) is 0 Å². The maximum absolute atomic E-state index is 6.39. The fraction of sp³-hybridized carbons (Fsp3) is 0. The highest BCUT2D eigenvalue weighted by Gasteiger charge is 2.20. The molecule has 0 aliphatic carbocycles. The van der Waals surface area contributed by atoms with Gasteiger partial charge in [-0.2, -0.15) is 0 Å². The van der Waals surface area contributed by atoms with E-state index >= 15 is 0 Å². The molecule has 3 heterocycles. The summed E-state index contributed by atoms with van der Waals surface area (Å²) in [6.45, 7) is 0. The number of nitrogens with zero attached hydrogens (tertiary/aromatic N) is 3. The molecule has 0 saturated carbocycles. The van der Waals surface area contributed by atoms with Gasteiger partial charge in [-0.15, -0.1) is 0 Å². The molecule has 0 bridgehead atoms. The van der Waals surface area contributed by atoms with Gasteiger partial charge in [-0.25, -0.2) is 4.98 Å². The van der Waals surface area contributed by atoms with Crippen molar-refractivity contribution in [1.82, 2.24) is 14.1 Å². The second-order valence-electron chi connectivity index (χ2n) is 14.4.